The molecule has 0 saturated heterocycles. The van der Waals surface area contributed by atoms with E-state index in [1.807, 2.05) is 0 Å². The quantitative estimate of drug-likeness (QED) is 0.799. The van der Waals surface area contributed by atoms with Gasteiger partial charge in [0.25, 0.3) is 10.0 Å². The molecule has 0 atom stereocenters. The largest absolute Gasteiger partial charge is 0.333 e. The van der Waals surface area contributed by atoms with Crippen LogP contribution in [0.4, 0.5) is 5.69 Å². The second-order valence-electron chi connectivity index (χ2n) is 2.84. The fourth-order valence-electron chi connectivity index (χ4n) is 1.20. The van der Waals surface area contributed by atoms with Crippen LogP contribution >= 0.6 is 27.7 Å². The predicted molar refractivity (Wildman–Crippen MR) is 65.9 cm³/mol. The van der Waals surface area contributed by atoms with Crippen molar-refractivity contribution in [3.8, 4) is 0 Å². The van der Waals surface area contributed by atoms with Crippen molar-refractivity contribution < 1.29 is 8.42 Å². The SMILES string of the molecule is CSC1=NS(=O)(=O)c2cc(Br)ccc2N1. The summed E-state index contributed by atoms with van der Waals surface area (Å²) in [6.45, 7) is 0. The van der Waals surface area contributed by atoms with E-state index in [2.05, 4.69) is 25.6 Å². The number of thioether (sulfide) groups is 1. The standard InChI is InChI=1S/C8H7BrN2O2S2/c1-14-8-10-6-3-2-5(9)4-7(6)15(12,13)11-8/h2-4H,1H3,(H,10,11). The van der Waals surface area contributed by atoms with Gasteiger partial charge in [-0.15, -0.1) is 4.40 Å². The molecule has 1 N–H and O–H groups in total. The minimum atomic E-state index is -3.55. The first-order chi connectivity index (χ1) is 7.03. The lowest BCUT2D eigenvalue weighted by molar-refractivity contribution is 0.598. The van der Waals surface area contributed by atoms with Crippen molar-refractivity contribution in [3.05, 3.63) is 22.7 Å². The maximum atomic E-state index is 11.7. The number of nitrogens with zero attached hydrogens (tertiary/aromatic N) is 1. The molecule has 0 unspecified atom stereocenters. The lowest BCUT2D eigenvalue weighted by Crippen LogP contribution is -2.18. The van der Waals surface area contributed by atoms with Gasteiger partial charge in [0.15, 0.2) is 5.17 Å². The van der Waals surface area contributed by atoms with Crippen LogP contribution in [0.1, 0.15) is 0 Å². The Hall–Kier alpha value is -0.530. The highest BCUT2D eigenvalue weighted by Gasteiger charge is 2.24. The lowest BCUT2D eigenvalue weighted by Gasteiger charge is -2.16. The third-order valence-electron chi connectivity index (χ3n) is 1.86. The van der Waals surface area contributed by atoms with Crippen molar-refractivity contribution in [2.75, 3.05) is 11.6 Å². The Morgan fingerprint density at radius 2 is 2.20 bits per heavy atom. The topological polar surface area (TPSA) is 58.5 Å². The predicted octanol–water partition coefficient (Wildman–Crippen LogP) is 2.28. The van der Waals surface area contributed by atoms with Crippen molar-refractivity contribution in [1.29, 1.82) is 0 Å². The Morgan fingerprint density at radius 1 is 1.47 bits per heavy atom. The van der Waals surface area contributed by atoms with Crippen LogP contribution in [0.15, 0.2) is 32.0 Å². The Bertz CT molecular complexity index is 540. The summed E-state index contributed by atoms with van der Waals surface area (Å²) in [5.41, 5.74) is 0.567. The van der Waals surface area contributed by atoms with E-state index in [9.17, 15) is 8.42 Å². The first-order valence-electron chi connectivity index (χ1n) is 3.98. The van der Waals surface area contributed by atoms with Gasteiger partial charge in [0.1, 0.15) is 4.90 Å². The van der Waals surface area contributed by atoms with Gasteiger partial charge >= 0.3 is 0 Å². The molecule has 1 heterocycles. The molecule has 4 nitrogen and oxygen atoms in total. The van der Waals surface area contributed by atoms with E-state index in [0.717, 1.165) is 4.47 Å². The normalized spacial score (nSPS) is 17.6. The van der Waals surface area contributed by atoms with Crippen LogP contribution in [0.2, 0.25) is 0 Å². The molecule has 2 rings (SSSR count). The monoisotopic (exact) mass is 306 g/mol. The Morgan fingerprint density at radius 3 is 2.87 bits per heavy atom. The number of amidine groups is 1. The van der Waals surface area contributed by atoms with E-state index in [1.165, 1.54) is 17.8 Å². The van der Waals surface area contributed by atoms with Crippen LogP contribution in [-0.2, 0) is 10.0 Å². The van der Waals surface area contributed by atoms with Gasteiger partial charge in [0.05, 0.1) is 5.69 Å². The molecule has 15 heavy (non-hydrogen) atoms. The summed E-state index contributed by atoms with van der Waals surface area (Å²) in [5, 5.41) is 3.34. The van der Waals surface area contributed by atoms with Gasteiger partial charge in [-0.3, -0.25) is 0 Å². The smallest absolute Gasteiger partial charge is 0.286 e. The number of rotatable bonds is 0. The molecule has 0 aliphatic carbocycles. The highest BCUT2D eigenvalue weighted by atomic mass is 79.9. The van der Waals surface area contributed by atoms with Gasteiger partial charge in [0.2, 0.25) is 0 Å². The zero-order valence-electron chi connectivity index (χ0n) is 7.69. The second-order valence-corrected chi connectivity index (χ2v) is 6.12. The maximum Gasteiger partial charge on any atom is 0.286 e. The average molecular weight is 307 g/mol. The van der Waals surface area contributed by atoms with E-state index >= 15 is 0 Å². The fourth-order valence-corrected chi connectivity index (χ4v) is 3.55. The molecule has 1 aliphatic heterocycles. The lowest BCUT2D eigenvalue weighted by atomic mass is 10.3. The molecule has 7 heteroatoms. The van der Waals surface area contributed by atoms with Gasteiger partial charge in [-0.2, -0.15) is 8.42 Å². The van der Waals surface area contributed by atoms with E-state index in [-0.39, 0.29) is 4.90 Å². The second kappa shape index (κ2) is 3.80. The maximum absolute atomic E-state index is 11.7. The molecule has 0 bridgehead atoms. The summed E-state index contributed by atoms with van der Waals surface area (Å²) in [6.07, 6.45) is 1.77. The van der Waals surface area contributed by atoms with Crippen molar-refractivity contribution in [1.82, 2.24) is 0 Å². The molecule has 1 aromatic rings. The zero-order chi connectivity index (χ0) is 11.1. The van der Waals surface area contributed by atoms with Gasteiger partial charge in [0, 0.05) is 4.47 Å². The number of benzene rings is 1. The summed E-state index contributed by atoms with van der Waals surface area (Å²) in [6, 6.07) is 5.03. The van der Waals surface area contributed by atoms with E-state index in [4.69, 9.17) is 0 Å². The van der Waals surface area contributed by atoms with Crippen LogP contribution in [0.3, 0.4) is 0 Å². The van der Waals surface area contributed by atoms with Crippen molar-refractivity contribution in [2.24, 2.45) is 4.40 Å². The summed E-state index contributed by atoms with van der Waals surface area (Å²) in [4.78, 5) is 0.203. The molecule has 0 fully saturated rings. The van der Waals surface area contributed by atoms with Crippen LogP contribution in [0.25, 0.3) is 0 Å². The number of hydrogen-bond acceptors (Lipinski definition) is 4. The first-order valence-corrected chi connectivity index (χ1v) is 7.44. The number of fused-ring (bicyclic) bond motifs is 1. The van der Waals surface area contributed by atoms with Crippen LogP contribution < -0.4 is 5.32 Å². The van der Waals surface area contributed by atoms with Crippen molar-refractivity contribution >= 4 is 48.6 Å². The van der Waals surface area contributed by atoms with Crippen LogP contribution in [0, 0.1) is 0 Å². The molecular weight excluding hydrogens is 300 g/mol. The fraction of sp³-hybridized carbons (Fsp3) is 0.125. The highest BCUT2D eigenvalue weighted by molar-refractivity contribution is 9.10. The number of halogens is 1. The first kappa shape index (κ1) is 11.0. The molecule has 80 valence electrons. The van der Waals surface area contributed by atoms with E-state index in [0.29, 0.717) is 10.9 Å². The molecule has 0 radical (unpaired) electrons. The summed E-state index contributed by atoms with van der Waals surface area (Å²) in [7, 11) is -3.55. The minimum absolute atomic E-state index is 0.203. The Kier molecular flexibility index (Phi) is 2.78. The third kappa shape index (κ3) is 2.04. The van der Waals surface area contributed by atoms with Crippen LogP contribution in [0.5, 0.6) is 0 Å². The summed E-state index contributed by atoms with van der Waals surface area (Å²) < 4.78 is 27.8. The Labute approximate surface area is 100 Å². The molecule has 0 spiro atoms. The van der Waals surface area contributed by atoms with E-state index in [1.54, 1.807) is 18.4 Å². The highest BCUT2D eigenvalue weighted by Crippen LogP contribution is 2.31. The van der Waals surface area contributed by atoms with Gasteiger partial charge in [-0.25, -0.2) is 0 Å². The van der Waals surface area contributed by atoms with Crippen LogP contribution in [-0.4, -0.2) is 19.8 Å². The summed E-state index contributed by atoms with van der Waals surface area (Å²) in [5.74, 6) is 0. The summed E-state index contributed by atoms with van der Waals surface area (Å²) >= 11 is 4.49. The molecule has 0 aromatic heterocycles. The number of hydrogen-bond donors (Lipinski definition) is 1. The van der Waals surface area contributed by atoms with Gasteiger partial charge < -0.3 is 5.32 Å². The number of sulfonamides is 1. The van der Waals surface area contributed by atoms with Gasteiger partial charge in [-0.05, 0) is 24.5 Å². The van der Waals surface area contributed by atoms with Crippen molar-refractivity contribution in [3.63, 3.8) is 0 Å². The average Bonchev–Trinajstić information content (AvgIpc) is 2.18. The molecule has 1 aromatic carbocycles. The third-order valence-corrected chi connectivity index (χ3v) is 4.36. The van der Waals surface area contributed by atoms with Crippen molar-refractivity contribution in [2.45, 2.75) is 4.90 Å². The molecule has 1 aliphatic rings. The number of anilines is 1. The van der Waals surface area contributed by atoms with Gasteiger partial charge in [-0.1, -0.05) is 27.7 Å². The number of nitrogens with one attached hydrogen (secondary N) is 1. The van der Waals surface area contributed by atoms with E-state index < -0.39 is 10.0 Å². The zero-order valence-corrected chi connectivity index (χ0v) is 10.9. The molecule has 0 amide bonds. The molecule has 0 saturated carbocycles. The minimum Gasteiger partial charge on any atom is -0.333 e. The molecular formula is C8H7BrN2O2S2. The Balaban J connectivity index is 2.64.